The fourth-order valence-electron chi connectivity index (χ4n) is 3.96. The zero-order chi connectivity index (χ0) is 24.0. The monoisotopic (exact) mass is 474 g/mol. The number of benzene rings is 2. The number of hydrogen-bond donors (Lipinski definition) is 1. The summed E-state index contributed by atoms with van der Waals surface area (Å²) in [5, 5.41) is 3.11. The van der Waals surface area contributed by atoms with Crippen LogP contribution in [0.1, 0.15) is 48.1 Å². The van der Waals surface area contributed by atoms with Gasteiger partial charge in [-0.25, -0.2) is 8.42 Å². The summed E-state index contributed by atoms with van der Waals surface area (Å²) in [7, 11) is -2.07. The summed E-state index contributed by atoms with van der Waals surface area (Å²) in [5.74, 6) is 0.494. The van der Waals surface area contributed by atoms with Gasteiger partial charge in [0.2, 0.25) is 15.9 Å². The molecule has 3 rings (SSSR count). The van der Waals surface area contributed by atoms with Gasteiger partial charge in [0, 0.05) is 19.5 Å². The largest absolute Gasteiger partial charge is 0.496 e. The predicted molar refractivity (Wildman–Crippen MR) is 128 cm³/mol. The van der Waals surface area contributed by atoms with Gasteiger partial charge in [0.25, 0.3) is 0 Å². The van der Waals surface area contributed by atoms with E-state index in [0.29, 0.717) is 44.0 Å². The van der Waals surface area contributed by atoms with E-state index in [2.05, 4.69) is 37.4 Å². The molecule has 0 bridgehead atoms. The predicted octanol–water partition coefficient (Wildman–Crippen LogP) is 3.53. The molecule has 2 aromatic rings. The number of morpholine rings is 1. The second kappa shape index (κ2) is 11.1. The highest BCUT2D eigenvalue weighted by atomic mass is 32.2. The molecule has 0 radical (unpaired) electrons. The van der Waals surface area contributed by atoms with Gasteiger partial charge in [-0.05, 0) is 67.1 Å². The molecule has 33 heavy (non-hydrogen) atoms. The van der Waals surface area contributed by atoms with Crippen LogP contribution >= 0.6 is 0 Å². The number of carbonyl (C=O) groups excluding carboxylic acids is 1. The van der Waals surface area contributed by atoms with Crippen molar-refractivity contribution in [2.75, 3.05) is 33.4 Å². The number of rotatable bonds is 9. The number of methoxy groups -OCH3 is 1. The molecular weight excluding hydrogens is 440 g/mol. The first-order valence-corrected chi connectivity index (χ1v) is 12.8. The van der Waals surface area contributed by atoms with E-state index in [1.54, 1.807) is 25.3 Å². The van der Waals surface area contributed by atoms with Crippen molar-refractivity contribution < 1.29 is 22.7 Å². The topological polar surface area (TPSA) is 84.9 Å². The fourth-order valence-corrected chi connectivity index (χ4v) is 5.42. The van der Waals surface area contributed by atoms with Crippen LogP contribution in [0.15, 0.2) is 41.3 Å². The van der Waals surface area contributed by atoms with E-state index in [0.717, 1.165) is 12.0 Å². The van der Waals surface area contributed by atoms with Gasteiger partial charge in [0.05, 0.1) is 31.3 Å². The molecule has 0 unspecified atom stereocenters. The van der Waals surface area contributed by atoms with Gasteiger partial charge < -0.3 is 14.8 Å². The standard InChI is InChI=1S/C25H34N2O5S/c1-5-23(20-7-6-18(2)19(3)16-20)26-25(28)11-8-21-17-22(9-10-24(21)31-4)33(29,30)27-12-14-32-15-13-27/h6-7,9-10,16-17,23H,5,8,11-15H2,1-4H3,(H,26,28)/t23-/m0/s1. The van der Waals surface area contributed by atoms with Crippen molar-refractivity contribution in [2.24, 2.45) is 0 Å². The smallest absolute Gasteiger partial charge is 0.243 e. The molecule has 0 aliphatic carbocycles. The molecule has 0 spiro atoms. The molecule has 1 amide bonds. The minimum absolute atomic E-state index is 0.0632. The summed E-state index contributed by atoms with van der Waals surface area (Å²) in [5.41, 5.74) is 4.20. The van der Waals surface area contributed by atoms with Gasteiger partial charge in [-0.3, -0.25) is 4.79 Å². The van der Waals surface area contributed by atoms with Crippen LogP contribution in [-0.4, -0.2) is 52.0 Å². The highest BCUT2D eigenvalue weighted by Crippen LogP contribution is 2.26. The Hall–Kier alpha value is -2.42. The Morgan fingerprint density at radius 1 is 1.12 bits per heavy atom. The number of hydrogen-bond acceptors (Lipinski definition) is 5. The Bertz CT molecular complexity index is 1080. The molecule has 1 fully saturated rings. The molecule has 1 atom stereocenters. The number of carbonyl (C=O) groups is 1. The van der Waals surface area contributed by atoms with Crippen molar-refractivity contribution in [3.05, 3.63) is 58.7 Å². The molecule has 1 aliphatic rings. The van der Waals surface area contributed by atoms with Crippen LogP contribution in [0.5, 0.6) is 5.75 Å². The SMILES string of the molecule is CC[C@H](NC(=O)CCc1cc(S(=O)(=O)N2CCOCC2)ccc1OC)c1ccc(C)c(C)c1. The van der Waals surface area contributed by atoms with Crippen LogP contribution in [-0.2, 0) is 26.0 Å². The van der Waals surface area contributed by atoms with Crippen molar-refractivity contribution in [3.63, 3.8) is 0 Å². The first kappa shape index (κ1) is 25.2. The highest BCUT2D eigenvalue weighted by Gasteiger charge is 2.27. The van der Waals surface area contributed by atoms with E-state index in [9.17, 15) is 13.2 Å². The molecule has 1 aliphatic heterocycles. The van der Waals surface area contributed by atoms with E-state index in [1.165, 1.54) is 15.4 Å². The first-order chi connectivity index (χ1) is 15.8. The zero-order valence-corrected chi connectivity index (χ0v) is 20.7. The van der Waals surface area contributed by atoms with Gasteiger partial charge >= 0.3 is 0 Å². The second-order valence-corrected chi connectivity index (χ2v) is 10.3. The zero-order valence-electron chi connectivity index (χ0n) is 19.9. The maximum absolute atomic E-state index is 13.0. The summed E-state index contributed by atoms with van der Waals surface area (Å²) >= 11 is 0. The molecule has 1 saturated heterocycles. The number of nitrogens with one attached hydrogen (secondary N) is 1. The molecular formula is C25H34N2O5S. The van der Waals surface area contributed by atoms with E-state index in [-0.39, 0.29) is 23.3 Å². The van der Waals surface area contributed by atoms with Gasteiger partial charge in [-0.1, -0.05) is 25.1 Å². The summed E-state index contributed by atoms with van der Waals surface area (Å²) in [6.07, 6.45) is 1.40. The van der Waals surface area contributed by atoms with Crippen LogP contribution in [0, 0.1) is 13.8 Å². The Balaban J connectivity index is 1.71. The fraction of sp³-hybridized carbons (Fsp3) is 0.480. The average molecular weight is 475 g/mol. The van der Waals surface area contributed by atoms with Crippen LogP contribution in [0.2, 0.25) is 0 Å². The van der Waals surface area contributed by atoms with Gasteiger partial charge in [-0.15, -0.1) is 0 Å². The first-order valence-electron chi connectivity index (χ1n) is 11.4. The lowest BCUT2D eigenvalue weighted by Crippen LogP contribution is -2.40. The number of ether oxygens (including phenoxy) is 2. The molecule has 0 saturated carbocycles. The molecule has 7 nitrogen and oxygen atoms in total. The van der Waals surface area contributed by atoms with Gasteiger partial charge in [0.15, 0.2) is 0 Å². The molecule has 180 valence electrons. The van der Waals surface area contributed by atoms with Crippen molar-refractivity contribution >= 4 is 15.9 Å². The Labute approximate surface area is 197 Å². The lowest BCUT2D eigenvalue weighted by Gasteiger charge is -2.26. The summed E-state index contributed by atoms with van der Waals surface area (Å²) in [4.78, 5) is 13.0. The second-order valence-electron chi connectivity index (χ2n) is 8.36. The van der Waals surface area contributed by atoms with Crippen LogP contribution in [0.25, 0.3) is 0 Å². The maximum atomic E-state index is 13.0. The average Bonchev–Trinajstić information content (AvgIpc) is 2.83. The van der Waals surface area contributed by atoms with Crippen molar-refractivity contribution in [2.45, 2.75) is 51.0 Å². The highest BCUT2D eigenvalue weighted by molar-refractivity contribution is 7.89. The molecule has 0 aromatic heterocycles. The third-order valence-electron chi connectivity index (χ3n) is 6.16. The number of sulfonamides is 1. The van der Waals surface area contributed by atoms with Gasteiger partial charge in [-0.2, -0.15) is 4.31 Å². The summed E-state index contributed by atoms with van der Waals surface area (Å²) in [6, 6.07) is 11.0. The van der Waals surface area contributed by atoms with Crippen LogP contribution < -0.4 is 10.1 Å². The van der Waals surface area contributed by atoms with Crippen molar-refractivity contribution in [1.29, 1.82) is 0 Å². The Morgan fingerprint density at radius 2 is 1.85 bits per heavy atom. The minimum Gasteiger partial charge on any atom is -0.496 e. The lowest BCUT2D eigenvalue weighted by atomic mass is 9.99. The quantitative estimate of drug-likeness (QED) is 0.601. The number of amides is 1. The van der Waals surface area contributed by atoms with E-state index < -0.39 is 10.0 Å². The molecule has 1 heterocycles. The number of nitrogens with zero attached hydrogens (tertiary/aromatic N) is 1. The number of aryl methyl sites for hydroxylation is 3. The summed E-state index contributed by atoms with van der Waals surface area (Å²) < 4.78 is 38.2. The van der Waals surface area contributed by atoms with Crippen LogP contribution in [0.4, 0.5) is 0 Å². The lowest BCUT2D eigenvalue weighted by molar-refractivity contribution is -0.121. The molecule has 1 N–H and O–H groups in total. The Morgan fingerprint density at radius 3 is 2.48 bits per heavy atom. The third-order valence-corrected chi connectivity index (χ3v) is 8.05. The van der Waals surface area contributed by atoms with Gasteiger partial charge in [0.1, 0.15) is 5.75 Å². The van der Waals surface area contributed by atoms with Crippen LogP contribution in [0.3, 0.4) is 0 Å². The van der Waals surface area contributed by atoms with Crippen molar-refractivity contribution in [1.82, 2.24) is 9.62 Å². The Kier molecular flexibility index (Phi) is 8.51. The molecule has 2 aromatic carbocycles. The van der Waals surface area contributed by atoms with E-state index in [1.807, 2.05) is 6.92 Å². The minimum atomic E-state index is -3.62. The van der Waals surface area contributed by atoms with Crippen molar-refractivity contribution in [3.8, 4) is 5.75 Å². The maximum Gasteiger partial charge on any atom is 0.243 e. The van der Waals surface area contributed by atoms with E-state index >= 15 is 0 Å². The van der Waals surface area contributed by atoms with E-state index in [4.69, 9.17) is 9.47 Å². The molecule has 8 heteroatoms. The summed E-state index contributed by atoms with van der Waals surface area (Å²) in [6.45, 7) is 7.63. The normalized spacial score (nSPS) is 15.8. The third kappa shape index (κ3) is 6.13.